The molecule has 3 heterocycles. The van der Waals surface area contributed by atoms with Gasteiger partial charge in [-0.15, -0.1) is 0 Å². The third-order valence-corrected chi connectivity index (χ3v) is 4.85. The highest BCUT2D eigenvalue weighted by atomic mass is 16.5. The Hall–Kier alpha value is -2.30. The quantitative estimate of drug-likeness (QED) is 0.872. The molecule has 5 heteroatoms. The molecule has 23 heavy (non-hydrogen) atoms. The van der Waals surface area contributed by atoms with Crippen LogP contribution >= 0.6 is 0 Å². The largest absolute Gasteiger partial charge is 0.492 e. The Morgan fingerprint density at radius 3 is 3.09 bits per heavy atom. The van der Waals surface area contributed by atoms with Crippen LogP contribution in [0.1, 0.15) is 18.4 Å². The van der Waals surface area contributed by atoms with Crippen molar-refractivity contribution < 1.29 is 9.53 Å². The molecule has 4 rings (SSSR count). The molecular weight excluding hydrogens is 290 g/mol. The van der Waals surface area contributed by atoms with E-state index in [0.29, 0.717) is 6.61 Å². The van der Waals surface area contributed by atoms with Crippen molar-refractivity contribution in [3.63, 3.8) is 0 Å². The van der Waals surface area contributed by atoms with E-state index in [1.54, 1.807) is 6.20 Å². The van der Waals surface area contributed by atoms with E-state index in [2.05, 4.69) is 11.2 Å². The molecule has 120 valence electrons. The lowest BCUT2D eigenvalue weighted by atomic mass is 9.95. The van der Waals surface area contributed by atoms with Crippen molar-refractivity contribution in [1.82, 2.24) is 14.7 Å². The first-order valence-corrected chi connectivity index (χ1v) is 8.30. The third kappa shape index (κ3) is 2.83. The van der Waals surface area contributed by atoms with Crippen LogP contribution in [0.2, 0.25) is 0 Å². The molecule has 1 saturated heterocycles. The zero-order valence-electron chi connectivity index (χ0n) is 13.1. The molecular formula is C18H21N3O2. The normalized spacial score (nSPS) is 23.4. The van der Waals surface area contributed by atoms with Crippen LogP contribution < -0.4 is 4.74 Å². The molecule has 0 unspecified atom stereocenters. The second-order valence-electron chi connectivity index (χ2n) is 6.38. The van der Waals surface area contributed by atoms with Gasteiger partial charge in [-0.3, -0.25) is 9.48 Å². The molecule has 1 aromatic heterocycles. The lowest BCUT2D eigenvalue weighted by Gasteiger charge is -2.31. The number of carbonyl (C=O) groups excluding carboxylic acids is 1. The summed E-state index contributed by atoms with van der Waals surface area (Å²) in [6, 6.07) is 10.2. The minimum absolute atomic E-state index is 0.0666. The maximum Gasteiger partial charge on any atom is 0.229 e. The van der Waals surface area contributed by atoms with Gasteiger partial charge in [0, 0.05) is 18.9 Å². The van der Waals surface area contributed by atoms with Crippen LogP contribution in [-0.4, -0.2) is 39.8 Å². The maximum atomic E-state index is 13.0. The fraction of sp³-hybridized carbons (Fsp3) is 0.444. The molecule has 1 fully saturated rings. The molecule has 0 radical (unpaired) electrons. The predicted molar refractivity (Wildman–Crippen MR) is 86.1 cm³/mol. The van der Waals surface area contributed by atoms with Gasteiger partial charge in [0.25, 0.3) is 0 Å². The summed E-state index contributed by atoms with van der Waals surface area (Å²) in [5, 5.41) is 4.27. The number of ether oxygens (including phenoxy) is 1. The van der Waals surface area contributed by atoms with Crippen molar-refractivity contribution in [3.8, 4) is 5.75 Å². The number of rotatable bonds is 3. The molecule has 0 bridgehead atoms. The first-order valence-electron chi connectivity index (χ1n) is 8.30. The molecule has 0 aliphatic carbocycles. The van der Waals surface area contributed by atoms with E-state index >= 15 is 0 Å². The van der Waals surface area contributed by atoms with Crippen molar-refractivity contribution in [2.24, 2.45) is 5.92 Å². The molecule has 0 saturated carbocycles. The van der Waals surface area contributed by atoms with Gasteiger partial charge >= 0.3 is 0 Å². The highest BCUT2D eigenvalue weighted by molar-refractivity contribution is 5.80. The molecule has 2 atom stereocenters. The van der Waals surface area contributed by atoms with Crippen molar-refractivity contribution in [3.05, 3.63) is 48.3 Å². The average Bonchev–Trinajstić information content (AvgIpc) is 3.26. The number of benzene rings is 1. The standard InChI is InChI=1S/C18H21N3O2/c22-18(15-11-14-5-1-2-7-17(14)23-13-15)21-10-3-6-16(21)12-20-9-4-8-19-20/h1-2,4-5,7-9,15-16H,3,6,10-13H2/t15-,16+/m1/s1. The topological polar surface area (TPSA) is 47.4 Å². The van der Waals surface area contributed by atoms with Crippen molar-refractivity contribution in [2.75, 3.05) is 13.2 Å². The lowest BCUT2D eigenvalue weighted by Crippen LogP contribution is -2.44. The molecule has 0 spiro atoms. The number of hydrogen-bond donors (Lipinski definition) is 0. The van der Waals surface area contributed by atoms with Crippen molar-refractivity contribution >= 4 is 5.91 Å². The smallest absolute Gasteiger partial charge is 0.229 e. The van der Waals surface area contributed by atoms with Gasteiger partial charge in [0.2, 0.25) is 5.91 Å². The van der Waals surface area contributed by atoms with Gasteiger partial charge in [-0.2, -0.15) is 5.10 Å². The highest BCUT2D eigenvalue weighted by Crippen LogP contribution is 2.29. The first-order chi connectivity index (χ1) is 11.3. The zero-order chi connectivity index (χ0) is 15.6. The fourth-order valence-corrected chi connectivity index (χ4v) is 3.66. The Balaban J connectivity index is 1.46. The lowest BCUT2D eigenvalue weighted by molar-refractivity contribution is -0.138. The fourth-order valence-electron chi connectivity index (χ4n) is 3.66. The average molecular weight is 311 g/mol. The third-order valence-electron chi connectivity index (χ3n) is 4.85. The van der Waals surface area contributed by atoms with Gasteiger partial charge in [-0.25, -0.2) is 0 Å². The predicted octanol–water partition coefficient (Wildman–Crippen LogP) is 2.13. The summed E-state index contributed by atoms with van der Waals surface area (Å²) in [4.78, 5) is 15.0. The van der Waals surface area contributed by atoms with Crippen LogP contribution in [0.4, 0.5) is 0 Å². The molecule has 2 aliphatic heterocycles. The highest BCUT2D eigenvalue weighted by Gasteiger charge is 2.35. The van der Waals surface area contributed by atoms with E-state index in [0.717, 1.165) is 43.7 Å². The van der Waals surface area contributed by atoms with E-state index in [4.69, 9.17) is 4.74 Å². The van der Waals surface area contributed by atoms with Crippen LogP contribution in [0.3, 0.4) is 0 Å². The van der Waals surface area contributed by atoms with Gasteiger partial charge < -0.3 is 9.64 Å². The number of fused-ring (bicyclic) bond motifs is 1. The van der Waals surface area contributed by atoms with E-state index in [-0.39, 0.29) is 17.9 Å². The zero-order valence-corrected chi connectivity index (χ0v) is 13.1. The molecule has 0 N–H and O–H groups in total. The summed E-state index contributed by atoms with van der Waals surface area (Å²) in [6.45, 7) is 2.12. The Kier molecular flexibility index (Phi) is 3.77. The van der Waals surface area contributed by atoms with Gasteiger partial charge in [-0.05, 0) is 37.0 Å². The molecule has 1 amide bonds. The number of aromatic nitrogens is 2. The maximum absolute atomic E-state index is 13.0. The summed E-state index contributed by atoms with van der Waals surface area (Å²) >= 11 is 0. The Morgan fingerprint density at radius 1 is 1.30 bits per heavy atom. The van der Waals surface area contributed by atoms with Crippen LogP contribution in [-0.2, 0) is 17.8 Å². The van der Waals surface area contributed by atoms with Crippen molar-refractivity contribution in [1.29, 1.82) is 0 Å². The Labute approximate surface area is 135 Å². The Bertz CT molecular complexity index is 683. The second kappa shape index (κ2) is 6.07. The van der Waals surface area contributed by atoms with Gasteiger partial charge in [0.1, 0.15) is 12.4 Å². The van der Waals surface area contributed by atoms with Crippen LogP contribution in [0.5, 0.6) is 5.75 Å². The number of hydrogen-bond acceptors (Lipinski definition) is 3. The minimum Gasteiger partial charge on any atom is -0.492 e. The summed E-state index contributed by atoms with van der Waals surface area (Å²) in [7, 11) is 0. The van der Waals surface area contributed by atoms with Crippen LogP contribution in [0.15, 0.2) is 42.7 Å². The molecule has 5 nitrogen and oxygen atoms in total. The number of carbonyl (C=O) groups is 1. The Morgan fingerprint density at radius 2 is 2.22 bits per heavy atom. The molecule has 2 aromatic rings. The number of para-hydroxylation sites is 1. The number of likely N-dealkylation sites (tertiary alicyclic amines) is 1. The summed E-state index contributed by atoms with van der Waals surface area (Å²) in [6.07, 6.45) is 6.64. The van der Waals surface area contributed by atoms with Crippen LogP contribution in [0, 0.1) is 5.92 Å². The SMILES string of the molecule is O=C([C@H]1COc2ccccc2C1)N1CCC[C@H]1Cn1cccn1. The molecule has 2 aliphatic rings. The van der Waals surface area contributed by atoms with E-state index in [9.17, 15) is 4.79 Å². The molecule has 1 aromatic carbocycles. The van der Waals surface area contributed by atoms with Crippen molar-refractivity contribution in [2.45, 2.75) is 31.8 Å². The minimum atomic E-state index is -0.0666. The monoisotopic (exact) mass is 311 g/mol. The van der Waals surface area contributed by atoms with Gasteiger partial charge in [0.15, 0.2) is 0 Å². The van der Waals surface area contributed by atoms with Crippen LogP contribution in [0.25, 0.3) is 0 Å². The second-order valence-corrected chi connectivity index (χ2v) is 6.38. The van der Waals surface area contributed by atoms with E-state index in [1.165, 1.54) is 0 Å². The summed E-state index contributed by atoms with van der Waals surface area (Å²) in [5.41, 5.74) is 1.14. The number of nitrogens with zero attached hydrogens (tertiary/aromatic N) is 3. The van der Waals surface area contributed by atoms with E-state index < -0.39 is 0 Å². The van der Waals surface area contributed by atoms with Gasteiger partial charge in [-0.1, -0.05) is 18.2 Å². The summed E-state index contributed by atoms with van der Waals surface area (Å²) in [5.74, 6) is 1.09. The summed E-state index contributed by atoms with van der Waals surface area (Å²) < 4.78 is 7.71. The van der Waals surface area contributed by atoms with E-state index in [1.807, 2.05) is 40.0 Å². The van der Waals surface area contributed by atoms with Gasteiger partial charge in [0.05, 0.1) is 18.5 Å². The number of amides is 1. The first kappa shape index (κ1) is 14.3.